The molecule has 0 atom stereocenters. The van der Waals surface area contributed by atoms with Gasteiger partial charge in [-0.05, 0) is 12.1 Å². The molecule has 1 fully saturated rings. The van der Waals surface area contributed by atoms with E-state index in [9.17, 15) is 14.0 Å². The summed E-state index contributed by atoms with van der Waals surface area (Å²) < 4.78 is 13.8. The second kappa shape index (κ2) is 5.84. The molecule has 7 heteroatoms. The molecule has 2 amide bonds. The lowest BCUT2D eigenvalue weighted by atomic mass is 10.2. The van der Waals surface area contributed by atoms with Crippen LogP contribution in [0.4, 0.5) is 4.39 Å². The van der Waals surface area contributed by atoms with E-state index in [0.717, 1.165) is 0 Å². The Labute approximate surface area is 131 Å². The van der Waals surface area contributed by atoms with Gasteiger partial charge in [0.25, 0.3) is 5.91 Å². The summed E-state index contributed by atoms with van der Waals surface area (Å²) >= 11 is 1.22. The Bertz CT molecular complexity index is 731. The van der Waals surface area contributed by atoms with E-state index < -0.39 is 0 Å². The number of carbonyl (C=O) groups is 2. The SMILES string of the molecule is CN1CCN(C(=O)c2csc(-c3ccccc3F)n2)CC1=O. The lowest BCUT2D eigenvalue weighted by Gasteiger charge is -2.31. The van der Waals surface area contributed by atoms with Crippen LogP contribution in [-0.2, 0) is 4.79 Å². The van der Waals surface area contributed by atoms with E-state index in [0.29, 0.717) is 23.7 Å². The van der Waals surface area contributed by atoms with Gasteiger partial charge in [-0.2, -0.15) is 0 Å². The van der Waals surface area contributed by atoms with E-state index in [1.807, 2.05) is 0 Å². The summed E-state index contributed by atoms with van der Waals surface area (Å²) in [5, 5.41) is 2.06. The average Bonchev–Trinajstić information content (AvgIpc) is 2.99. The average molecular weight is 319 g/mol. The quantitative estimate of drug-likeness (QED) is 0.849. The van der Waals surface area contributed by atoms with Crippen molar-refractivity contribution < 1.29 is 14.0 Å². The van der Waals surface area contributed by atoms with Crippen LogP contribution < -0.4 is 0 Å². The number of nitrogens with zero attached hydrogens (tertiary/aromatic N) is 3. The molecular formula is C15H14FN3O2S. The van der Waals surface area contributed by atoms with Gasteiger partial charge in [0.05, 0.1) is 0 Å². The smallest absolute Gasteiger partial charge is 0.273 e. The third-order valence-corrected chi connectivity index (χ3v) is 4.45. The van der Waals surface area contributed by atoms with Crippen LogP contribution in [0.5, 0.6) is 0 Å². The third kappa shape index (κ3) is 2.71. The van der Waals surface area contributed by atoms with Crippen molar-refractivity contribution in [2.24, 2.45) is 0 Å². The van der Waals surface area contributed by atoms with Crippen molar-refractivity contribution in [3.63, 3.8) is 0 Å². The first-order valence-corrected chi connectivity index (χ1v) is 7.68. The highest BCUT2D eigenvalue weighted by atomic mass is 32.1. The van der Waals surface area contributed by atoms with Gasteiger partial charge in [-0.1, -0.05) is 12.1 Å². The molecule has 22 heavy (non-hydrogen) atoms. The Morgan fingerprint density at radius 3 is 2.82 bits per heavy atom. The van der Waals surface area contributed by atoms with Crippen molar-refractivity contribution in [2.45, 2.75) is 0 Å². The predicted octanol–water partition coefficient (Wildman–Crippen LogP) is 1.86. The first-order valence-electron chi connectivity index (χ1n) is 6.80. The van der Waals surface area contributed by atoms with E-state index in [-0.39, 0.29) is 29.9 Å². The molecular weight excluding hydrogens is 305 g/mol. The number of thiazole rings is 1. The highest BCUT2D eigenvalue weighted by Gasteiger charge is 2.27. The van der Waals surface area contributed by atoms with Crippen molar-refractivity contribution in [2.75, 3.05) is 26.7 Å². The first-order chi connectivity index (χ1) is 10.6. The van der Waals surface area contributed by atoms with E-state index in [1.54, 1.807) is 35.5 Å². The highest BCUT2D eigenvalue weighted by Crippen LogP contribution is 2.26. The zero-order valence-corrected chi connectivity index (χ0v) is 12.8. The molecule has 1 saturated heterocycles. The maximum absolute atomic E-state index is 13.8. The second-order valence-corrected chi connectivity index (χ2v) is 5.92. The Balaban J connectivity index is 1.81. The number of piperazine rings is 1. The molecule has 0 bridgehead atoms. The Morgan fingerprint density at radius 1 is 1.32 bits per heavy atom. The van der Waals surface area contributed by atoms with Gasteiger partial charge >= 0.3 is 0 Å². The molecule has 0 unspecified atom stereocenters. The molecule has 0 spiro atoms. The molecule has 1 aromatic heterocycles. The number of carbonyl (C=O) groups excluding carboxylic acids is 2. The van der Waals surface area contributed by atoms with Gasteiger partial charge in [0.1, 0.15) is 23.1 Å². The fourth-order valence-corrected chi connectivity index (χ4v) is 3.04. The maximum atomic E-state index is 13.8. The summed E-state index contributed by atoms with van der Waals surface area (Å²) in [6.45, 7) is 1.05. The Kier molecular flexibility index (Phi) is 3.89. The summed E-state index contributed by atoms with van der Waals surface area (Å²) in [5.74, 6) is -0.755. The van der Waals surface area contributed by atoms with Gasteiger partial charge in [-0.25, -0.2) is 9.37 Å². The molecule has 1 aromatic carbocycles. The van der Waals surface area contributed by atoms with Crippen LogP contribution in [0.25, 0.3) is 10.6 Å². The van der Waals surface area contributed by atoms with Crippen LogP contribution >= 0.6 is 11.3 Å². The van der Waals surface area contributed by atoms with Gasteiger partial charge in [0.2, 0.25) is 5.91 Å². The molecule has 114 valence electrons. The second-order valence-electron chi connectivity index (χ2n) is 5.06. The molecule has 2 aromatic rings. The Morgan fingerprint density at radius 2 is 2.09 bits per heavy atom. The summed E-state index contributed by atoms with van der Waals surface area (Å²) in [5.41, 5.74) is 0.626. The minimum Gasteiger partial charge on any atom is -0.342 e. The zero-order chi connectivity index (χ0) is 15.7. The fourth-order valence-electron chi connectivity index (χ4n) is 2.22. The van der Waals surface area contributed by atoms with Gasteiger partial charge in [-0.15, -0.1) is 11.3 Å². The number of benzene rings is 1. The first kappa shape index (κ1) is 14.6. The molecule has 0 aliphatic carbocycles. The summed E-state index contributed by atoms with van der Waals surface area (Å²) in [6.07, 6.45) is 0. The van der Waals surface area contributed by atoms with Gasteiger partial charge in [0, 0.05) is 31.1 Å². The number of aromatic nitrogens is 1. The lowest BCUT2D eigenvalue weighted by Crippen LogP contribution is -2.50. The highest BCUT2D eigenvalue weighted by molar-refractivity contribution is 7.13. The number of rotatable bonds is 2. The van der Waals surface area contributed by atoms with Crippen LogP contribution in [-0.4, -0.2) is 53.3 Å². The van der Waals surface area contributed by atoms with Crippen molar-refractivity contribution in [3.8, 4) is 10.6 Å². The van der Waals surface area contributed by atoms with Gasteiger partial charge < -0.3 is 9.80 Å². The zero-order valence-electron chi connectivity index (χ0n) is 12.0. The van der Waals surface area contributed by atoms with Crippen LogP contribution in [0.3, 0.4) is 0 Å². The predicted molar refractivity (Wildman–Crippen MR) is 81.0 cm³/mol. The minimum atomic E-state index is -0.370. The van der Waals surface area contributed by atoms with Crippen molar-refractivity contribution in [1.82, 2.24) is 14.8 Å². The molecule has 0 saturated carbocycles. The maximum Gasteiger partial charge on any atom is 0.273 e. The minimum absolute atomic E-state index is 0.0574. The number of hydrogen-bond acceptors (Lipinski definition) is 4. The summed E-state index contributed by atoms with van der Waals surface area (Å²) in [7, 11) is 1.71. The third-order valence-electron chi connectivity index (χ3n) is 3.57. The number of halogens is 1. The monoisotopic (exact) mass is 319 g/mol. The van der Waals surface area contributed by atoms with Crippen LogP contribution in [0.2, 0.25) is 0 Å². The topological polar surface area (TPSA) is 53.5 Å². The van der Waals surface area contributed by atoms with Crippen molar-refractivity contribution in [1.29, 1.82) is 0 Å². The van der Waals surface area contributed by atoms with Gasteiger partial charge in [0.15, 0.2) is 0 Å². The van der Waals surface area contributed by atoms with E-state index >= 15 is 0 Å². The lowest BCUT2D eigenvalue weighted by molar-refractivity contribution is -0.133. The largest absolute Gasteiger partial charge is 0.342 e. The molecule has 0 N–H and O–H groups in total. The van der Waals surface area contributed by atoms with Crippen LogP contribution in [0, 0.1) is 5.82 Å². The van der Waals surface area contributed by atoms with E-state index in [2.05, 4.69) is 4.98 Å². The normalized spacial score (nSPS) is 15.3. The molecule has 1 aliphatic rings. The molecule has 2 heterocycles. The number of likely N-dealkylation sites (N-methyl/N-ethyl adjacent to an activating group) is 1. The molecule has 1 aliphatic heterocycles. The van der Waals surface area contributed by atoms with Gasteiger partial charge in [-0.3, -0.25) is 9.59 Å². The van der Waals surface area contributed by atoms with E-state index in [4.69, 9.17) is 0 Å². The standard InChI is InChI=1S/C15H14FN3O2S/c1-18-6-7-19(8-13(18)20)15(21)12-9-22-14(17-12)10-4-2-3-5-11(10)16/h2-5,9H,6-8H2,1H3. The molecule has 3 rings (SSSR count). The number of hydrogen-bond donors (Lipinski definition) is 0. The summed E-state index contributed by atoms with van der Waals surface area (Å²) in [4.78, 5) is 31.4. The fraction of sp³-hybridized carbons (Fsp3) is 0.267. The van der Waals surface area contributed by atoms with Crippen molar-refractivity contribution in [3.05, 3.63) is 41.2 Å². The Hall–Kier alpha value is -2.28. The van der Waals surface area contributed by atoms with Crippen LogP contribution in [0.1, 0.15) is 10.5 Å². The number of amides is 2. The molecule has 5 nitrogen and oxygen atoms in total. The van der Waals surface area contributed by atoms with E-state index in [1.165, 1.54) is 22.3 Å². The molecule has 0 radical (unpaired) electrons. The van der Waals surface area contributed by atoms with Crippen LogP contribution in [0.15, 0.2) is 29.6 Å². The van der Waals surface area contributed by atoms with Crippen molar-refractivity contribution >= 4 is 23.2 Å². The summed E-state index contributed by atoms with van der Waals surface area (Å²) in [6, 6.07) is 6.31.